The summed E-state index contributed by atoms with van der Waals surface area (Å²) < 4.78 is 0. The average Bonchev–Trinajstić information content (AvgIpc) is 2.64. The highest BCUT2D eigenvalue weighted by molar-refractivity contribution is 5.81. The number of rotatable bonds is 2. The molecule has 3 saturated carbocycles. The Morgan fingerprint density at radius 3 is 2.38 bits per heavy atom. The number of carbonyl (C=O) groups is 1. The third-order valence-electron chi connectivity index (χ3n) is 4.70. The molecule has 0 N–H and O–H groups in total. The second kappa shape index (κ2) is 2.59. The van der Waals surface area contributed by atoms with Crippen molar-refractivity contribution in [2.75, 3.05) is 0 Å². The molecule has 0 heterocycles. The van der Waals surface area contributed by atoms with Crippen LogP contribution in [0.4, 0.5) is 0 Å². The second-order valence-corrected chi connectivity index (χ2v) is 5.46. The first kappa shape index (κ1) is 8.02. The van der Waals surface area contributed by atoms with E-state index < -0.39 is 0 Å². The van der Waals surface area contributed by atoms with E-state index in [1.165, 1.54) is 32.1 Å². The molecular weight excluding hydrogens is 160 g/mol. The molecule has 0 saturated heterocycles. The summed E-state index contributed by atoms with van der Waals surface area (Å²) in [5.74, 6) is 4.75. The van der Waals surface area contributed by atoms with Crippen molar-refractivity contribution in [3.05, 3.63) is 0 Å². The monoisotopic (exact) mass is 178 g/mol. The Kier molecular flexibility index (Phi) is 1.59. The van der Waals surface area contributed by atoms with Gasteiger partial charge in [-0.3, -0.25) is 4.79 Å². The van der Waals surface area contributed by atoms with Crippen molar-refractivity contribution in [3.63, 3.8) is 0 Å². The zero-order valence-corrected chi connectivity index (χ0v) is 8.33. The molecule has 3 rings (SSSR count). The first-order valence-corrected chi connectivity index (χ1v) is 5.76. The molecule has 1 heteroatoms. The number of carbonyl (C=O) groups excluding carboxylic acids is 1. The predicted molar refractivity (Wildman–Crippen MR) is 51.2 cm³/mol. The van der Waals surface area contributed by atoms with E-state index in [9.17, 15) is 4.79 Å². The molecule has 0 spiro atoms. The highest BCUT2D eigenvalue weighted by Gasteiger charge is 2.52. The number of fused-ring (bicyclic) bond motifs is 2. The summed E-state index contributed by atoms with van der Waals surface area (Å²) in [6.07, 6.45) is 7.13. The van der Waals surface area contributed by atoms with Gasteiger partial charge in [-0.25, -0.2) is 0 Å². The Hall–Kier alpha value is -0.330. The third kappa shape index (κ3) is 1.16. The van der Waals surface area contributed by atoms with Crippen molar-refractivity contribution < 1.29 is 4.79 Å². The van der Waals surface area contributed by atoms with E-state index in [4.69, 9.17) is 0 Å². The third-order valence-corrected chi connectivity index (χ3v) is 4.70. The zero-order valence-electron chi connectivity index (χ0n) is 8.33. The van der Waals surface area contributed by atoms with E-state index in [1.54, 1.807) is 6.92 Å². The van der Waals surface area contributed by atoms with Crippen molar-refractivity contribution in [1.29, 1.82) is 0 Å². The van der Waals surface area contributed by atoms with Crippen LogP contribution in [0.2, 0.25) is 0 Å². The van der Waals surface area contributed by atoms with Gasteiger partial charge in [0.15, 0.2) is 0 Å². The molecule has 72 valence electrons. The molecule has 0 aromatic carbocycles. The van der Waals surface area contributed by atoms with Crippen LogP contribution in [0.1, 0.15) is 39.0 Å². The Balaban J connectivity index is 1.66. The predicted octanol–water partition coefficient (Wildman–Crippen LogP) is 2.65. The van der Waals surface area contributed by atoms with Gasteiger partial charge in [0.25, 0.3) is 0 Å². The van der Waals surface area contributed by atoms with Crippen molar-refractivity contribution >= 4 is 5.78 Å². The zero-order chi connectivity index (χ0) is 9.00. The molecule has 0 aliphatic heterocycles. The minimum Gasteiger partial charge on any atom is -0.300 e. The first-order chi connectivity index (χ1) is 6.25. The van der Waals surface area contributed by atoms with Gasteiger partial charge in [0, 0.05) is 5.92 Å². The topological polar surface area (TPSA) is 17.1 Å². The Morgan fingerprint density at radius 1 is 1.08 bits per heavy atom. The van der Waals surface area contributed by atoms with Crippen molar-refractivity contribution in [2.45, 2.75) is 39.0 Å². The van der Waals surface area contributed by atoms with Gasteiger partial charge in [-0.2, -0.15) is 0 Å². The van der Waals surface area contributed by atoms with Crippen LogP contribution < -0.4 is 0 Å². The molecule has 0 aromatic heterocycles. The lowest BCUT2D eigenvalue weighted by molar-refractivity contribution is -0.118. The fourth-order valence-corrected chi connectivity index (χ4v) is 3.97. The van der Waals surface area contributed by atoms with Crippen molar-refractivity contribution in [2.24, 2.45) is 29.6 Å². The van der Waals surface area contributed by atoms with Gasteiger partial charge in [-0.1, -0.05) is 6.42 Å². The summed E-state index contributed by atoms with van der Waals surface area (Å²) in [5, 5.41) is 0. The van der Waals surface area contributed by atoms with Gasteiger partial charge in [-0.05, 0) is 56.3 Å². The largest absolute Gasteiger partial charge is 0.300 e. The fourth-order valence-electron chi connectivity index (χ4n) is 3.97. The molecule has 1 nitrogen and oxygen atoms in total. The van der Waals surface area contributed by atoms with Gasteiger partial charge in [-0.15, -0.1) is 0 Å². The van der Waals surface area contributed by atoms with Crippen LogP contribution in [0.3, 0.4) is 0 Å². The Morgan fingerprint density at radius 2 is 1.92 bits per heavy atom. The normalized spacial score (nSPS) is 52.5. The van der Waals surface area contributed by atoms with E-state index in [-0.39, 0.29) is 0 Å². The van der Waals surface area contributed by atoms with Crippen LogP contribution in [0.5, 0.6) is 0 Å². The maximum Gasteiger partial charge on any atom is 0.133 e. The van der Waals surface area contributed by atoms with E-state index in [2.05, 4.69) is 0 Å². The molecule has 13 heavy (non-hydrogen) atoms. The summed E-state index contributed by atoms with van der Waals surface area (Å²) in [7, 11) is 0. The highest BCUT2D eigenvalue weighted by Crippen LogP contribution is 2.59. The van der Waals surface area contributed by atoms with Gasteiger partial charge in [0.2, 0.25) is 0 Å². The van der Waals surface area contributed by atoms with Crippen LogP contribution in [0.15, 0.2) is 0 Å². The number of hydrogen-bond donors (Lipinski definition) is 0. The second-order valence-electron chi connectivity index (χ2n) is 5.46. The van der Waals surface area contributed by atoms with Crippen LogP contribution in [0.25, 0.3) is 0 Å². The lowest BCUT2D eigenvalue weighted by Gasteiger charge is -2.21. The summed E-state index contributed by atoms with van der Waals surface area (Å²) >= 11 is 0. The molecular formula is C12H18O. The highest BCUT2D eigenvalue weighted by atomic mass is 16.1. The lowest BCUT2D eigenvalue weighted by atomic mass is 9.84. The van der Waals surface area contributed by atoms with Gasteiger partial charge in [0.05, 0.1) is 0 Å². The van der Waals surface area contributed by atoms with Crippen LogP contribution >= 0.6 is 0 Å². The average molecular weight is 178 g/mol. The standard InChI is InChI=1S/C12H18O/c1-7(13)10-6-12(10)11-5-8-2-3-9(11)4-8/h8-12H,2-6H2,1H3. The maximum absolute atomic E-state index is 11.2. The first-order valence-electron chi connectivity index (χ1n) is 5.76. The molecule has 0 aromatic rings. The maximum atomic E-state index is 11.2. The summed E-state index contributed by atoms with van der Waals surface area (Å²) in [6.45, 7) is 1.78. The molecule has 0 radical (unpaired) electrons. The van der Waals surface area contributed by atoms with E-state index in [0.29, 0.717) is 11.7 Å². The molecule has 0 amide bonds. The fraction of sp³-hybridized carbons (Fsp3) is 0.917. The summed E-state index contributed by atoms with van der Waals surface area (Å²) in [6, 6.07) is 0. The molecule has 3 aliphatic carbocycles. The SMILES string of the molecule is CC(=O)C1CC1C1CC2CCC1C2. The minimum absolute atomic E-state index is 0.452. The summed E-state index contributed by atoms with van der Waals surface area (Å²) in [4.78, 5) is 11.2. The Labute approximate surface area is 79.9 Å². The molecule has 5 unspecified atom stereocenters. The molecule has 5 atom stereocenters. The quantitative estimate of drug-likeness (QED) is 0.635. The smallest absolute Gasteiger partial charge is 0.133 e. The summed E-state index contributed by atoms with van der Waals surface area (Å²) in [5.41, 5.74) is 0. The molecule has 3 fully saturated rings. The van der Waals surface area contributed by atoms with Crippen LogP contribution in [0, 0.1) is 29.6 Å². The Bertz CT molecular complexity index is 246. The van der Waals surface area contributed by atoms with Crippen molar-refractivity contribution in [1.82, 2.24) is 0 Å². The molecule has 3 aliphatic rings. The van der Waals surface area contributed by atoms with E-state index >= 15 is 0 Å². The van der Waals surface area contributed by atoms with Crippen LogP contribution in [-0.4, -0.2) is 5.78 Å². The number of Topliss-reactive ketones (excluding diaryl/α,β-unsaturated/α-hetero) is 1. The van der Waals surface area contributed by atoms with Gasteiger partial charge >= 0.3 is 0 Å². The minimum atomic E-state index is 0.452. The number of ketones is 1. The van der Waals surface area contributed by atoms with Gasteiger partial charge in [0.1, 0.15) is 5.78 Å². The number of hydrogen-bond acceptors (Lipinski definition) is 1. The van der Waals surface area contributed by atoms with Gasteiger partial charge < -0.3 is 0 Å². The van der Waals surface area contributed by atoms with E-state index in [0.717, 1.165) is 23.7 Å². The van der Waals surface area contributed by atoms with Crippen molar-refractivity contribution in [3.8, 4) is 0 Å². The van der Waals surface area contributed by atoms with Crippen LogP contribution in [-0.2, 0) is 4.79 Å². The lowest BCUT2D eigenvalue weighted by Crippen LogP contribution is -2.14. The molecule has 2 bridgehead atoms. The van der Waals surface area contributed by atoms with E-state index in [1.807, 2.05) is 0 Å².